The second kappa shape index (κ2) is 10.6. The Morgan fingerprint density at radius 1 is 0.889 bits per heavy atom. The maximum atomic E-state index is 13.9. The summed E-state index contributed by atoms with van der Waals surface area (Å²) in [5, 5.41) is 16.1. The van der Waals surface area contributed by atoms with Gasteiger partial charge in [-0.15, -0.1) is 0 Å². The molecule has 5 saturated carbocycles. The minimum Gasteiger partial charge on any atom is -0.349 e. The van der Waals surface area contributed by atoms with Crippen molar-refractivity contribution < 1.29 is 19.6 Å². The van der Waals surface area contributed by atoms with Crippen molar-refractivity contribution in [1.82, 2.24) is 16.1 Å². The Kier molecular flexibility index (Phi) is 8.09. The van der Waals surface area contributed by atoms with Crippen molar-refractivity contribution >= 4 is 17.7 Å². The summed E-state index contributed by atoms with van der Waals surface area (Å²) < 4.78 is 0. The minimum atomic E-state index is -0.686. The summed E-state index contributed by atoms with van der Waals surface area (Å²) in [4.78, 5) is 40.5. The Morgan fingerprint density at radius 2 is 1.42 bits per heavy atom. The van der Waals surface area contributed by atoms with Gasteiger partial charge in [0.05, 0.1) is 11.8 Å². The zero-order chi connectivity index (χ0) is 26.3. The lowest BCUT2D eigenvalue weighted by molar-refractivity contribution is -0.145. The normalized spacial score (nSPS) is 32.2. The van der Waals surface area contributed by atoms with Crippen molar-refractivity contribution in [2.45, 2.75) is 117 Å². The van der Waals surface area contributed by atoms with Crippen LogP contribution in [0.1, 0.15) is 105 Å². The lowest BCUT2D eigenvalue weighted by Crippen LogP contribution is -2.64. The van der Waals surface area contributed by atoms with Gasteiger partial charge in [-0.05, 0) is 92.8 Å². The highest BCUT2D eigenvalue weighted by Gasteiger charge is 2.52. The Hall–Kier alpha value is -1.63. The van der Waals surface area contributed by atoms with Gasteiger partial charge >= 0.3 is 0 Å². The molecule has 0 radical (unpaired) electrons. The van der Waals surface area contributed by atoms with E-state index in [2.05, 4.69) is 10.6 Å². The second-order valence-electron chi connectivity index (χ2n) is 14.3. The van der Waals surface area contributed by atoms with Crippen LogP contribution in [0.3, 0.4) is 0 Å². The molecule has 0 aliphatic heterocycles. The van der Waals surface area contributed by atoms with Crippen LogP contribution in [0.2, 0.25) is 0 Å². The van der Waals surface area contributed by atoms with Gasteiger partial charge in [-0.2, -0.15) is 0 Å². The Balaban J connectivity index is 1.53. The van der Waals surface area contributed by atoms with Gasteiger partial charge in [0, 0.05) is 5.54 Å². The van der Waals surface area contributed by atoms with Crippen LogP contribution in [-0.2, 0) is 14.4 Å². The fourth-order valence-electron chi connectivity index (χ4n) is 8.56. The number of amides is 3. The number of hydroxylamine groups is 1. The molecule has 5 rings (SSSR count). The molecule has 0 aromatic heterocycles. The molecule has 0 heterocycles. The van der Waals surface area contributed by atoms with E-state index in [0.29, 0.717) is 6.42 Å². The molecule has 4 bridgehead atoms. The standard InChI is InChI=1S/C29H49N3O4/c1-17(2)10-22(23(26(34)32-36)21-8-6-7-9-21)25(33)30-24(28(3,4)5)27(35)31-29-14-18-11-19(15-29)13-20(12-18)16-29/h17-24,36H,6-16H2,1-5H3,(H,30,33)(H,31,35)(H,32,34). The number of hydrogen-bond acceptors (Lipinski definition) is 4. The predicted octanol–water partition coefficient (Wildman–Crippen LogP) is 4.58. The van der Waals surface area contributed by atoms with E-state index in [1.54, 1.807) is 0 Å². The zero-order valence-electron chi connectivity index (χ0n) is 23.1. The average Bonchev–Trinajstić information content (AvgIpc) is 3.28. The van der Waals surface area contributed by atoms with Crippen molar-refractivity contribution in [3.8, 4) is 0 Å². The Labute approximate surface area is 217 Å². The first-order valence-electron chi connectivity index (χ1n) is 14.5. The molecule has 4 N–H and O–H groups in total. The number of carbonyl (C=O) groups excluding carboxylic acids is 3. The van der Waals surface area contributed by atoms with Gasteiger partial charge in [-0.25, -0.2) is 5.48 Å². The predicted molar refractivity (Wildman–Crippen MR) is 139 cm³/mol. The fourth-order valence-corrected chi connectivity index (χ4v) is 8.56. The maximum Gasteiger partial charge on any atom is 0.247 e. The molecule has 3 amide bonds. The third-order valence-electron chi connectivity index (χ3n) is 9.66. The fraction of sp³-hybridized carbons (Fsp3) is 0.897. The lowest BCUT2D eigenvalue weighted by Gasteiger charge is -2.57. The summed E-state index contributed by atoms with van der Waals surface area (Å²) >= 11 is 0. The van der Waals surface area contributed by atoms with E-state index >= 15 is 0 Å². The van der Waals surface area contributed by atoms with Crippen molar-refractivity contribution in [2.24, 2.45) is 46.8 Å². The van der Waals surface area contributed by atoms with Crippen LogP contribution in [0.15, 0.2) is 0 Å². The third kappa shape index (κ3) is 5.92. The first-order valence-corrected chi connectivity index (χ1v) is 14.5. The third-order valence-corrected chi connectivity index (χ3v) is 9.66. The van der Waals surface area contributed by atoms with Crippen molar-refractivity contribution in [3.63, 3.8) is 0 Å². The summed E-state index contributed by atoms with van der Waals surface area (Å²) in [5.74, 6) is 0.439. The van der Waals surface area contributed by atoms with E-state index in [-0.39, 0.29) is 29.2 Å². The van der Waals surface area contributed by atoms with Gasteiger partial charge in [0.15, 0.2) is 0 Å². The molecule has 0 saturated heterocycles. The van der Waals surface area contributed by atoms with E-state index in [9.17, 15) is 19.6 Å². The maximum absolute atomic E-state index is 13.9. The minimum absolute atomic E-state index is 0.0700. The zero-order valence-corrected chi connectivity index (χ0v) is 23.1. The molecule has 36 heavy (non-hydrogen) atoms. The van der Waals surface area contributed by atoms with Crippen LogP contribution < -0.4 is 16.1 Å². The van der Waals surface area contributed by atoms with E-state index in [0.717, 1.165) is 62.7 Å². The van der Waals surface area contributed by atoms with Gasteiger partial charge in [0.25, 0.3) is 0 Å². The number of rotatable bonds is 9. The molecule has 204 valence electrons. The van der Waals surface area contributed by atoms with Gasteiger partial charge in [-0.3, -0.25) is 19.6 Å². The molecular weight excluding hydrogens is 454 g/mol. The molecule has 7 nitrogen and oxygen atoms in total. The van der Waals surface area contributed by atoms with E-state index < -0.39 is 29.2 Å². The topological polar surface area (TPSA) is 108 Å². The highest BCUT2D eigenvalue weighted by Crippen LogP contribution is 2.55. The summed E-state index contributed by atoms with van der Waals surface area (Å²) in [6.45, 7) is 10.1. The number of hydrogen-bond donors (Lipinski definition) is 4. The SMILES string of the molecule is CC(C)CC(C(=O)NC(C(=O)NC12CC3CC(CC(C3)C1)C2)C(C)(C)C)C(C(=O)NO)C1CCCC1. The molecule has 0 spiro atoms. The highest BCUT2D eigenvalue weighted by molar-refractivity contribution is 5.92. The Morgan fingerprint density at radius 3 is 1.86 bits per heavy atom. The van der Waals surface area contributed by atoms with Crippen molar-refractivity contribution in [2.75, 3.05) is 0 Å². The number of carbonyl (C=O) groups is 3. The molecule has 0 aromatic carbocycles. The van der Waals surface area contributed by atoms with Crippen LogP contribution in [0.4, 0.5) is 0 Å². The van der Waals surface area contributed by atoms with Gasteiger partial charge in [-0.1, -0.05) is 47.5 Å². The van der Waals surface area contributed by atoms with Gasteiger partial charge in [0.1, 0.15) is 6.04 Å². The van der Waals surface area contributed by atoms with Crippen LogP contribution in [0.5, 0.6) is 0 Å². The van der Waals surface area contributed by atoms with E-state index in [4.69, 9.17) is 0 Å². The molecule has 5 aliphatic rings. The Bertz CT molecular complexity index is 792. The lowest BCUT2D eigenvalue weighted by atomic mass is 9.53. The highest BCUT2D eigenvalue weighted by atomic mass is 16.5. The van der Waals surface area contributed by atoms with E-state index in [1.807, 2.05) is 40.1 Å². The summed E-state index contributed by atoms with van der Waals surface area (Å²) in [6, 6.07) is -0.686. The molecular formula is C29H49N3O4. The van der Waals surface area contributed by atoms with E-state index in [1.165, 1.54) is 19.3 Å². The van der Waals surface area contributed by atoms with Crippen LogP contribution in [-0.4, -0.2) is 34.5 Å². The summed E-state index contributed by atoms with van der Waals surface area (Å²) in [5.41, 5.74) is 1.24. The van der Waals surface area contributed by atoms with Crippen molar-refractivity contribution in [3.05, 3.63) is 0 Å². The molecule has 7 heteroatoms. The first kappa shape index (κ1) is 27.4. The molecule has 0 aromatic rings. The van der Waals surface area contributed by atoms with Gasteiger partial charge in [0.2, 0.25) is 17.7 Å². The smallest absolute Gasteiger partial charge is 0.247 e. The first-order chi connectivity index (χ1) is 16.9. The number of nitrogens with one attached hydrogen (secondary N) is 3. The molecule has 3 atom stereocenters. The average molecular weight is 504 g/mol. The molecule has 5 aliphatic carbocycles. The largest absolute Gasteiger partial charge is 0.349 e. The summed E-state index contributed by atoms with van der Waals surface area (Å²) in [7, 11) is 0. The monoisotopic (exact) mass is 503 g/mol. The quantitative estimate of drug-likeness (QED) is 0.273. The molecule has 5 fully saturated rings. The van der Waals surface area contributed by atoms with Crippen LogP contribution in [0.25, 0.3) is 0 Å². The van der Waals surface area contributed by atoms with Crippen molar-refractivity contribution in [1.29, 1.82) is 0 Å². The molecule has 3 unspecified atom stereocenters. The van der Waals surface area contributed by atoms with Gasteiger partial charge < -0.3 is 10.6 Å². The second-order valence-corrected chi connectivity index (χ2v) is 14.3. The van der Waals surface area contributed by atoms with Crippen LogP contribution in [0, 0.1) is 46.8 Å². The van der Waals surface area contributed by atoms with Crippen LogP contribution >= 0.6 is 0 Å². The summed E-state index contributed by atoms with van der Waals surface area (Å²) in [6.07, 6.45) is 11.5.